The van der Waals surface area contributed by atoms with Gasteiger partial charge in [0.25, 0.3) is 0 Å². The van der Waals surface area contributed by atoms with Gasteiger partial charge in [-0.2, -0.15) is 0 Å². The standard InChI is InChI=1S/C13H25NO/c1-12(2,3)10-13-6-5-7-14(13)9-11(8-13)15-4/h11H,5-10H2,1-4H3. The van der Waals surface area contributed by atoms with Gasteiger partial charge in [0.1, 0.15) is 0 Å². The topological polar surface area (TPSA) is 12.5 Å². The maximum atomic E-state index is 5.55. The monoisotopic (exact) mass is 211 g/mol. The summed E-state index contributed by atoms with van der Waals surface area (Å²) in [5, 5.41) is 0. The number of methoxy groups -OCH3 is 1. The van der Waals surface area contributed by atoms with E-state index in [1.165, 1.54) is 32.2 Å². The average Bonchev–Trinajstić information content (AvgIpc) is 2.56. The van der Waals surface area contributed by atoms with E-state index < -0.39 is 0 Å². The zero-order valence-electron chi connectivity index (χ0n) is 10.7. The molecule has 2 heterocycles. The van der Waals surface area contributed by atoms with Crippen molar-refractivity contribution in [2.24, 2.45) is 5.41 Å². The van der Waals surface area contributed by atoms with Crippen LogP contribution in [-0.4, -0.2) is 36.7 Å². The molecule has 0 bridgehead atoms. The van der Waals surface area contributed by atoms with Crippen LogP contribution in [0.25, 0.3) is 0 Å². The molecule has 0 aliphatic carbocycles. The van der Waals surface area contributed by atoms with Crippen molar-refractivity contribution in [1.82, 2.24) is 4.90 Å². The molecule has 0 amide bonds. The first kappa shape index (κ1) is 11.4. The zero-order chi connectivity index (χ0) is 11.1. The molecule has 0 saturated carbocycles. The van der Waals surface area contributed by atoms with E-state index in [2.05, 4.69) is 25.7 Å². The molecule has 0 aromatic heterocycles. The molecule has 0 aromatic carbocycles. The van der Waals surface area contributed by atoms with Crippen LogP contribution in [0.2, 0.25) is 0 Å². The number of hydrogen-bond acceptors (Lipinski definition) is 2. The summed E-state index contributed by atoms with van der Waals surface area (Å²) < 4.78 is 5.55. The Hall–Kier alpha value is -0.0800. The van der Waals surface area contributed by atoms with E-state index in [4.69, 9.17) is 4.74 Å². The fraction of sp³-hybridized carbons (Fsp3) is 1.00. The summed E-state index contributed by atoms with van der Waals surface area (Å²) in [7, 11) is 1.86. The van der Waals surface area contributed by atoms with Gasteiger partial charge in [-0.3, -0.25) is 4.90 Å². The molecule has 2 heteroatoms. The molecule has 2 nitrogen and oxygen atoms in total. The number of fused-ring (bicyclic) bond motifs is 1. The summed E-state index contributed by atoms with van der Waals surface area (Å²) in [6, 6.07) is 0. The predicted octanol–water partition coefficient (Wildman–Crippen LogP) is 2.68. The first-order valence-electron chi connectivity index (χ1n) is 6.23. The summed E-state index contributed by atoms with van der Waals surface area (Å²) in [6.45, 7) is 9.53. The second kappa shape index (κ2) is 3.74. The molecule has 88 valence electrons. The van der Waals surface area contributed by atoms with Crippen molar-refractivity contribution in [3.63, 3.8) is 0 Å². The number of ether oxygens (including phenoxy) is 1. The van der Waals surface area contributed by atoms with E-state index in [-0.39, 0.29) is 0 Å². The van der Waals surface area contributed by atoms with Gasteiger partial charge in [0, 0.05) is 19.2 Å². The van der Waals surface area contributed by atoms with Crippen molar-refractivity contribution in [3.8, 4) is 0 Å². The van der Waals surface area contributed by atoms with Crippen LogP contribution in [0, 0.1) is 5.41 Å². The quantitative estimate of drug-likeness (QED) is 0.696. The molecule has 0 N–H and O–H groups in total. The largest absolute Gasteiger partial charge is 0.380 e. The van der Waals surface area contributed by atoms with Gasteiger partial charge in [-0.1, -0.05) is 20.8 Å². The molecular formula is C13H25NO. The lowest BCUT2D eigenvalue weighted by atomic mass is 9.77. The lowest BCUT2D eigenvalue weighted by molar-refractivity contribution is 0.105. The van der Waals surface area contributed by atoms with Crippen LogP contribution in [0.3, 0.4) is 0 Å². The first-order chi connectivity index (χ1) is 6.95. The molecular weight excluding hydrogens is 186 g/mol. The summed E-state index contributed by atoms with van der Waals surface area (Å²) in [5.74, 6) is 0. The highest BCUT2D eigenvalue weighted by Crippen LogP contribution is 2.46. The van der Waals surface area contributed by atoms with E-state index in [9.17, 15) is 0 Å². The Morgan fingerprint density at radius 3 is 2.73 bits per heavy atom. The van der Waals surface area contributed by atoms with E-state index >= 15 is 0 Å². The smallest absolute Gasteiger partial charge is 0.0716 e. The van der Waals surface area contributed by atoms with E-state index in [0.29, 0.717) is 17.1 Å². The van der Waals surface area contributed by atoms with Crippen molar-refractivity contribution < 1.29 is 4.74 Å². The van der Waals surface area contributed by atoms with Gasteiger partial charge in [0.2, 0.25) is 0 Å². The van der Waals surface area contributed by atoms with Crippen LogP contribution in [0.5, 0.6) is 0 Å². The van der Waals surface area contributed by atoms with Crippen molar-refractivity contribution in [2.75, 3.05) is 20.2 Å². The normalized spacial score (nSPS) is 37.2. The summed E-state index contributed by atoms with van der Waals surface area (Å²) in [5.41, 5.74) is 0.907. The highest BCUT2D eigenvalue weighted by Gasteiger charge is 2.49. The number of hydrogen-bond donors (Lipinski definition) is 0. The molecule has 0 spiro atoms. The summed E-state index contributed by atoms with van der Waals surface area (Å²) >= 11 is 0. The first-order valence-corrected chi connectivity index (χ1v) is 6.23. The van der Waals surface area contributed by atoms with Gasteiger partial charge in [-0.05, 0) is 37.6 Å². The molecule has 15 heavy (non-hydrogen) atoms. The Bertz CT molecular complexity index is 233. The van der Waals surface area contributed by atoms with E-state index in [1.807, 2.05) is 7.11 Å². The summed E-state index contributed by atoms with van der Waals surface area (Å²) in [4.78, 5) is 2.69. The van der Waals surface area contributed by atoms with Crippen molar-refractivity contribution >= 4 is 0 Å². The van der Waals surface area contributed by atoms with Crippen molar-refractivity contribution in [2.45, 2.75) is 58.1 Å². The molecule has 2 aliphatic heterocycles. The van der Waals surface area contributed by atoms with Gasteiger partial charge in [0.15, 0.2) is 0 Å². The van der Waals surface area contributed by atoms with Gasteiger partial charge in [0.05, 0.1) is 6.10 Å². The van der Waals surface area contributed by atoms with E-state index in [0.717, 1.165) is 6.54 Å². The minimum atomic E-state index is 0.436. The molecule has 2 unspecified atom stereocenters. The Kier molecular flexibility index (Phi) is 2.85. The molecule has 2 saturated heterocycles. The highest BCUT2D eigenvalue weighted by atomic mass is 16.5. The molecule has 2 aliphatic rings. The third-order valence-corrected chi connectivity index (χ3v) is 3.97. The Balaban J connectivity index is 2.10. The lowest BCUT2D eigenvalue weighted by Crippen LogP contribution is -2.41. The van der Waals surface area contributed by atoms with Crippen LogP contribution in [0.15, 0.2) is 0 Å². The SMILES string of the molecule is COC1CN2CCCC2(CC(C)(C)C)C1. The van der Waals surface area contributed by atoms with Crippen molar-refractivity contribution in [3.05, 3.63) is 0 Å². The fourth-order valence-electron chi connectivity index (χ4n) is 3.66. The summed E-state index contributed by atoms with van der Waals surface area (Å²) in [6.07, 6.45) is 5.81. The molecule has 2 fully saturated rings. The van der Waals surface area contributed by atoms with Crippen LogP contribution < -0.4 is 0 Å². The minimum absolute atomic E-state index is 0.436. The molecule has 0 aromatic rings. The highest BCUT2D eigenvalue weighted by molar-refractivity contribution is 5.05. The third kappa shape index (κ3) is 2.21. The second-order valence-corrected chi connectivity index (χ2v) is 6.57. The Morgan fingerprint density at radius 1 is 1.40 bits per heavy atom. The van der Waals surface area contributed by atoms with Crippen molar-refractivity contribution in [1.29, 1.82) is 0 Å². The van der Waals surface area contributed by atoms with Gasteiger partial charge in [-0.15, -0.1) is 0 Å². The molecule has 2 atom stereocenters. The predicted molar refractivity (Wildman–Crippen MR) is 63.0 cm³/mol. The Morgan fingerprint density at radius 2 is 2.13 bits per heavy atom. The molecule has 2 rings (SSSR count). The zero-order valence-corrected chi connectivity index (χ0v) is 10.7. The van der Waals surface area contributed by atoms with Crippen LogP contribution in [0.1, 0.15) is 46.5 Å². The minimum Gasteiger partial charge on any atom is -0.380 e. The van der Waals surface area contributed by atoms with E-state index in [1.54, 1.807) is 0 Å². The fourth-order valence-corrected chi connectivity index (χ4v) is 3.66. The number of nitrogens with zero attached hydrogens (tertiary/aromatic N) is 1. The maximum absolute atomic E-state index is 5.55. The van der Waals surface area contributed by atoms with Gasteiger partial charge in [-0.25, -0.2) is 0 Å². The average molecular weight is 211 g/mol. The van der Waals surface area contributed by atoms with Crippen LogP contribution in [0.4, 0.5) is 0 Å². The third-order valence-electron chi connectivity index (χ3n) is 3.97. The molecule has 0 radical (unpaired) electrons. The van der Waals surface area contributed by atoms with Crippen LogP contribution in [-0.2, 0) is 4.74 Å². The second-order valence-electron chi connectivity index (χ2n) is 6.57. The Labute approximate surface area is 94.0 Å². The maximum Gasteiger partial charge on any atom is 0.0716 e. The van der Waals surface area contributed by atoms with Gasteiger partial charge >= 0.3 is 0 Å². The lowest BCUT2D eigenvalue weighted by Gasteiger charge is -2.37. The van der Waals surface area contributed by atoms with Crippen LogP contribution >= 0.6 is 0 Å². The van der Waals surface area contributed by atoms with Gasteiger partial charge < -0.3 is 4.74 Å². The number of rotatable bonds is 2.